The summed E-state index contributed by atoms with van der Waals surface area (Å²) in [5, 5.41) is 17.5. The molecule has 1 aromatic carbocycles. The molecule has 0 saturated carbocycles. The van der Waals surface area contributed by atoms with Gasteiger partial charge < -0.3 is 19.8 Å². The molecule has 1 aliphatic rings. The predicted molar refractivity (Wildman–Crippen MR) is 143 cm³/mol. The van der Waals surface area contributed by atoms with E-state index in [4.69, 9.17) is 4.52 Å². The van der Waals surface area contributed by atoms with Crippen LogP contribution in [0.15, 0.2) is 34.3 Å². The Balaban J connectivity index is 1.53. The monoisotopic (exact) mass is 524 g/mol. The van der Waals surface area contributed by atoms with E-state index >= 15 is 0 Å². The third-order valence-corrected chi connectivity index (χ3v) is 8.08. The van der Waals surface area contributed by atoms with E-state index in [2.05, 4.69) is 40.6 Å². The van der Waals surface area contributed by atoms with E-state index in [9.17, 15) is 14.7 Å². The van der Waals surface area contributed by atoms with Crippen LogP contribution in [0.2, 0.25) is 0 Å². The summed E-state index contributed by atoms with van der Waals surface area (Å²) < 4.78 is 5.42. The van der Waals surface area contributed by atoms with Gasteiger partial charge in [-0.3, -0.25) is 9.59 Å². The summed E-state index contributed by atoms with van der Waals surface area (Å²) in [5.74, 6) is -0.649. The second-order valence-corrected chi connectivity index (χ2v) is 11.1. The standard InChI is InChI=1S/C28H36N4O4S/c1-7-19-11-20(26-18(6)29-14-37-26)8-9-22(19)17(5)30-27(34)23-12-21(33)13-32(23)28(35)25(15(2)3)24-10-16(4)31-36-24/h8-11,14-15,17,21,23,25,33H,7,12-13H2,1-6H3,(H,30,34)/t17-,21+,23-,25+/m0/s1. The van der Waals surface area contributed by atoms with Crippen molar-refractivity contribution in [2.45, 2.75) is 78.5 Å². The van der Waals surface area contributed by atoms with Crippen molar-refractivity contribution in [2.75, 3.05) is 6.54 Å². The van der Waals surface area contributed by atoms with Crippen molar-refractivity contribution in [3.05, 3.63) is 58.1 Å². The van der Waals surface area contributed by atoms with Gasteiger partial charge in [0, 0.05) is 19.0 Å². The number of likely N-dealkylation sites (tertiary alicyclic amines) is 1. The molecule has 9 heteroatoms. The summed E-state index contributed by atoms with van der Waals surface area (Å²) in [6.45, 7) is 11.9. The largest absolute Gasteiger partial charge is 0.391 e. The lowest BCUT2D eigenvalue weighted by Gasteiger charge is -2.29. The minimum absolute atomic E-state index is 0.0620. The zero-order chi connectivity index (χ0) is 26.9. The maximum Gasteiger partial charge on any atom is 0.243 e. The molecule has 3 aromatic rings. The molecule has 0 aliphatic carbocycles. The number of aliphatic hydroxyl groups excluding tert-OH is 1. The highest BCUT2D eigenvalue weighted by Gasteiger charge is 2.43. The first kappa shape index (κ1) is 27.0. The number of thiazole rings is 1. The van der Waals surface area contributed by atoms with Gasteiger partial charge in [0.15, 0.2) is 0 Å². The van der Waals surface area contributed by atoms with Gasteiger partial charge in [-0.2, -0.15) is 0 Å². The first-order chi connectivity index (χ1) is 17.6. The van der Waals surface area contributed by atoms with Crippen LogP contribution in [0.5, 0.6) is 0 Å². The van der Waals surface area contributed by atoms with E-state index in [-0.39, 0.29) is 36.7 Å². The molecule has 2 amide bonds. The zero-order valence-corrected chi connectivity index (χ0v) is 23.1. The van der Waals surface area contributed by atoms with Gasteiger partial charge in [0.05, 0.1) is 33.9 Å². The van der Waals surface area contributed by atoms with Crippen molar-refractivity contribution in [1.29, 1.82) is 0 Å². The number of rotatable bonds is 8. The summed E-state index contributed by atoms with van der Waals surface area (Å²) in [6.07, 6.45) is 0.266. The molecule has 0 unspecified atom stereocenters. The molecule has 37 heavy (non-hydrogen) atoms. The summed E-state index contributed by atoms with van der Waals surface area (Å²) in [6, 6.07) is 7.05. The normalized spacial score (nSPS) is 19.3. The van der Waals surface area contributed by atoms with Crippen LogP contribution in [0.4, 0.5) is 0 Å². The van der Waals surface area contributed by atoms with Gasteiger partial charge in [-0.15, -0.1) is 11.3 Å². The number of nitrogens with zero attached hydrogens (tertiary/aromatic N) is 3. The number of β-amino-alcohol motifs (C(OH)–C–C–N with tert-alkyl or cyclic N) is 1. The van der Waals surface area contributed by atoms with Crippen molar-refractivity contribution in [1.82, 2.24) is 20.4 Å². The topological polar surface area (TPSA) is 109 Å². The van der Waals surface area contributed by atoms with E-state index in [0.717, 1.165) is 33.7 Å². The van der Waals surface area contributed by atoms with E-state index in [1.165, 1.54) is 4.90 Å². The van der Waals surface area contributed by atoms with Gasteiger partial charge in [-0.25, -0.2) is 4.98 Å². The average Bonchev–Trinajstić information content (AvgIpc) is 3.58. The second-order valence-electron chi connectivity index (χ2n) is 10.3. The van der Waals surface area contributed by atoms with Crippen molar-refractivity contribution in [2.24, 2.45) is 5.92 Å². The van der Waals surface area contributed by atoms with Crippen LogP contribution in [0.3, 0.4) is 0 Å². The lowest BCUT2D eigenvalue weighted by atomic mass is 9.91. The van der Waals surface area contributed by atoms with Crippen LogP contribution in [0.25, 0.3) is 10.4 Å². The van der Waals surface area contributed by atoms with Gasteiger partial charge in [0.2, 0.25) is 11.8 Å². The van der Waals surface area contributed by atoms with Crippen LogP contribution in [0.1, 0.15) is 74.4 Å². The zero-order valence-electron chi connectivity index (χ0n) is 22.3. The molecule has 2 aromatic heterocycles. The molecular weight excluding hydrogens is 488 g/mol. The van der Waals surface area contributed by atoms with E-state index < -0.39 is 18.1 Å². The van der Waals surface area contributed by atoms with Crippen LogP contribution in [-0.2, 0) is 16.0 Å². The summed E-state index contributed by atoms with van der Waals surface area (Å²) in [5.41, 5.74) is 6.86. The van der Waals surface area contributed by atoms with Gasteiger partial charge >= 0.3 is 0 Å². The number of nitrogens with one attached hydrogen (secondary N) is 1. The Morgan fingerprint density at radius 1 is 1.24 bits per heavy atom. The molecule has 3 heterocycles. The molecule has 4 rings (SSSR count). The molecule has 1 aliphatic heterocycles. The smallest absolute Gasteiger partial charge is 0.243 e. The molecule has 198 valence electrons. The Morgan fingerprint density at radius 3 is 2.59 bits per heavy atom. The lowest BCUT2D eigenvalue weighted by Crippen LogP contribution is -2.48. The molecule has 1 saturated heterocycles. The van der Waals surface area contributed by atoms with E-state index in [0.29, 0.717) is 11.5 Å². The third-order valence-electron chi connectivity index (χ3n) is 7.11. The van der Waals surface area contributed by atoms with Crippen LogP contribution < -0.4 is 5.32 Å². The maximum atomic E-state index is 13.6. The number of aromatic nitrogens is 2. The highest BCUT2D eigenvalue weighted by molar-refractivity contribution is 7.13. The van der Waals surface area contributed by atoms with Gasteiger partial charge in [0.1, 0.15) is 17.7 Å². The van der Waals surface area contributed by atoms with Crippen LogP contribution >= 0.6 is 11.3 Å². The third kappa shape index (κ3) is 5.62. The fraction of sp³-hybridized carbons (Fsp3) is 0.500. The number of hydrogen-bond donors (Lipinski definition) is 2. The fourth-order valence-corrected chi connectivity index (χ4v) is 5.99. The number of amides is 2. The van der Waals surface area contributed by atoms with Crippen molar-refractivity contribution in [3.8, 4) is 10.4 Å². The Morgan fingerprint density at radius 2 is 2.00 bits per heavy atom. The molecule has 2 N–H and O–H groups in total. The SMILES string of the molecule is CCc1cc(-c2scnc2C)ccc1[C@H](C)NC(=O)[C@@H]1C[C@@H](O)CN1C(=O)[C@@H](c1cc(C)no1)C(C)C. The Labute approximate surface area is 222 Å². The van der Waals surface area contributed by atoms with E-state index in [1.807, 2.05) is 40.1 Å². The molecule has 8 nitrogen and oxygen atoms in total. The fourth-order valence-electron chi connectivity index (χ4n) is 5.19. The average molecular weight is 525 g/mol. The summed E-state index contributed by atoms with van der Waals surface area (Å²) in [7, 11) is 0. The van der Waals surface area contributed by atoms with Crippen molar-refractivity contribution in [3.63, 3.8) is 0 Å². The maximum absolute atomic E-state index is 13.6. The highest BCUT2D eigenvalue weighted by Crippen LogP contribution is 2.33. The van der Waals surface area contributed by atoms with Gasteiger partial charge in [-0.05, 0) is 55.9 Å². The van der Waals surface area contributed by atoms with Crippen molar-refractivity contribution >= 4 is 23.2 Å². The summed E-state index contributed by atoms with van der Waals surface area (Å²) >= 11 is 1.62. The Bertz CT molecular complexity index is 1270. The molecule has 1 fully saturated rings. The number of carbonyl (C=O) groups is 2. The lowest BCUT2D eigenvalue weighted by molar-refractivity contribution is -0.141. The molecular formula is C28H36N4O4S. The molecule has 0 bridgehead atoms. The number of aliphatic hydroxyl groups is 1. The van der Waals surface area contributed by atoms with Crippen molar-refractivity contribution < 1.29 is 19.2 Å². The quantitative estimate of drug-likeness (QED) is 0.447. The molecule has 0 spiro atoms. The van der Waals surface area contributed by atoms with Crippen LogP contribution in [0, 0.1) is 19.8 Å². The first-order valence-corrected chi connectivity index (χ1v) is 13.7. The van der Waals surface area contributed by atoms with Gasteiger partial charge in [-0.1, -0.05) is 38.1 Å². The number of carbonyl (C=O) groups excluding carboxylic acids is 2. The number of benzene rings is 1. The minimum Gasteiger partial charge on any atom is -0.391 e. The number of aryl methyl sites for hydroxylation is 3. The molecule has 0 radical (unpaired) electrons. The number of hydrogen-bond acceptors (Lipinski definition) is 7. The Hall–Kier alpha value is -3.04. The van der Waals surface area contributed by atoms with Crippen LogP contribution in [-0.4, -0.2) is 50.7 Å². The van der Waals surface area contributed by atoms with Gasteiger partial charge in [0.25, 0.3) is 0 Å². The second kappa shape index (κ2) is 11.1. The van der Waals surface area contributed by atoms with E-state index in [1.54, 1.807) is 17.4 Å². The molecule has 4 atom stereocenters. The minimum atomic E-state index is -0.757. The Kier molecular flexibility index (Phi) is 8.14. The predicted octanol–water partition coefficient (Wildman–Crippen LogP) is 4.56. The first-order valence-electron chi connectivity index (χ1n) is 12.9. The summed E-state index contributed by atoms with van der Waals surface area (Å²) in [4.78, 5) is 34.1. The highest BCUT2D eigenvalue weighted by atomic mass is 32.1.